The van der Waals surface area contributed by atoms with Gasteiger partial charge in [0.15, 0.2) is 0 Å². The lowest BCUT2D eigenvalue weighted by Crippen LogP contribution is -2.32. The Morgan fingerprint density at radius 2 is 2.16 bits per heavy atom. The fraction of sp³-hybridized carbons (Fsp3) is 0.385. The van der Waals surface area contributed by atoms with Crippen molar-refractivity contribution in [2.24, 2.45) is 5.92 Å². The number of anilines is 1. The van der Waals surface area contributed by atoms with Gasteiger partial charge >= 0.3 is 5.97 Å². The van der Waals surface area contributed by atoms with E-state index in [0.29, 0.717) is 0 Å². The van der Waals surface area contributed by atoms with Gasteiger partial charge < -0.3 is 20.8 Å². The average Bonchev–Trinajstić information content (AvgIpc) is 2.78. The van der Waals surface area contributed by atoms with Crippen LogP contribution in [0.25, 0.3) is 0 Å². The number of amides is 1. The Morgan fingerprint density at radius 3 is 2.74 bits per heavy atom. The van der Waals surface area contributed by atoms with Gasteiger partial charge in [-0.2, -0.15) is 0 Å². The number of nitrogens with one attached hydrogen (secondary N) is 2. The molecule has 2 unspecified atom stereocenters. The van der Waals surface area contributed by atoms with Gasteiger partial charge in [-0.05, 0) is 38.1 Å². The van der Waals surface area contributed by atoms with Crippen LogP contribution in [0.5, 0.6) is 5.75 Å². The fourth-order valence-electron chi connectivity index (χ4n) is 2.21. The molecule has 1 aromatic carbocycles. The van der Waals surface area contributed by atoms with E-state index in [4.69, 9.17) is 5.11 Å². The van der Waals surface area contributed by atoms with Crippen LogP contribution in [-0.2, 0) is 4.79 Å². The summed E-state index contributed by atoms with van der Waals surface area (Å²) in [6.45, 7) is 2.70. The van der Waals surface area contributed by atoms with Crippen LogP contribution in [-0.4, -0.2) is 34.7 Å². The molecule has 6 heteroatoms. The first-order valence-corrected chi connectivity index (χ1v) is 6.09. The van der Waals surface area contributed by atoms with Crippen molar-refractivity contribution in [3.05, 3.63) is 23.8 Å². The van der Waals surface area contributed by atoms with Crippen molar-refractivity contribution in [3.63, 3.8) is 0 Å². The van der Waals surface area contributed by atoms with Crippen LogP contribution in [0.3, 0.4) is 0 Å². The third-order valence-corrected chi connectivity index (χ3v) is 3.36. The van der Waals surface area contributed by atoms with Crippen LogP contribution in [0.4, 0.5) is 5.69 Å². The molecule has 0 saturated carbocycles. The number of hydrogen-bond acceptors (Lipinski definition) is 4. The molecule has 0 aromatic heterocycles. The van der Waals surface area contributed by atoms with Crippen molar-refractivity contribution in [1.82, 2.24) is 5.32 Å². The lowest BCUT2D eigenvalue weighted by Gasteiger charge is -2.15. The number of aromatic hydroxyl groups is 1. The molecule has 2 rings (SSSR count). The maximum atomic E-state index is 12.0. The predicted molar refractivity (Wildman–Crippen MR) is 69.3 cm³/mol. The Kier molecular flexibility index (Phi) is 3.71. The normalized spacial score (nSPS) is 22.2. The standard InChI is InChI=1S/C13H16N2O4/c1-7-9(4-5-14-7)12(17)15-10-6-8(13(18)19)2-3-11(10)16/h2-3,6-7,9,14,16H,4-5H2,1H3,(H,15,17)(H,18,19). The number of aromatic carboxylic acids is 1. The zero-order valence-corrected chi connectivity index (χ0v) is 10.5. The third kappa shape index (κ3) is 2.85. The molecule has 6 nitrogen and oxygen atoms in total. The minimum absolute atomic E-state index is 0.0192. The molecule has 1 aliphatic rings. The van der Waals surface area contributed by atoms with Crippen LogP contribution in [0.15, 0.2) is 18.2 Å². The molecule has 1 fully saturated rings. The Balaban J connectivity index is 2.16. The van der Waals surface area contributed by atoms with Crippen LogP contribution in [0.2, 0.25) is 0 Å². The van der Waals surface area contributed by atoms with Crippen LogP contribution in [0, 0.1) is 5.92 Å². The maximum Gasteiger partial charge on any atom is 0.335 e. The van der Waals surface area contributed by atoms with E-state index >= 15 is 0 Å². The van der Waals surface area contributed by atoms with Gasteiger partial charge in [0.1, 0.15) is 5.75 Å². The smallest absolute Gasteiger partial charge is 0.335 e. The number of carbonyl (C=O) groups is 2. The van der Waals surface area contributed by atoms with E-state index in [1.165, 1.54) is 18.2 Å². The quantitative estimate of drug-likeness (QED) is 0.611. The van der Waals surface area contributed by atoms with Crippen LogP contribution < -0.4 is 10.6 Å². The summed E-state index contributed by atoms with van der Waals surface area (Å²) >= 11 is 0. The van der Waals surface area contributed by atoms with E-state index in [-0.39, 0.29) is 34.9 Å². The topological polar surface area (TPSA) is 98.7 Å². The number of carbonyl (C=O) groups excluding carboxylic acids is 1. The van der Waals surface area contributed by atoms with Crippen molar-refractivity contribution in [2.75, 3.05) is 11.9 Å². The number of carboxylic acids is 1. The highest BCUT2D eigenvalue weighted by atomic mass is 16.4. The minimum atomic E-state index is -1.11. The molecule has 0 aliphatic carbocycles. The van der Waals surface area contributed by atoms with Gasteiger partial charge in [-0.3, -0.25) is 4.79 Å². The molecule has 0 bridgehead atoms. The second-order valence-corrected chi connectivity index (χ2v) is 4.66. The van der Waals surface area contributed by atoms with Gasteiger partial charge in [0, 0.05) is 6.04 Å². The van der Waals surface area contributed by atoms with Crippen molar-refractivity contribution in [3.8, 4) is 5.75 Å². The molecule has 1 aliphatic heterocycles. The second kappa shape index (κ2) is 5.27. The summed E-state index contributed by atoms with van der Waals surface area (Å²) in [5.41, 5.74) is 0.148. The van der Waals surface area contributed by atoms with Gasteiger partial charge in [0.2, 0.25) is 5.91 Å². The number of rotatable bonds is 3. The van der Waals surface area contributed by atoms with E-state index in [1.54, 1.807) is 0 Å². The third-order valence-electron chi connectivity index (χ3n) is 3.36. The number of phenols is 1. The van der Waals surface area contributed by atoms with Crippen molar-refractivity contribution in [1.29, 1.82) is 0 Å². The number of benzene rings is 1. The average molecular weight is 264 g/mol. The van der Waals surface area contributed by atoms with Gasteiger partial charge in [-0.1, -0.05) is 0 Å². The summed E-state index contributed by atoms with van der Waals surface area (Å²) in [5.74, 6) is -1.63. The van der Waals surface area contributed by atoms with E-state index in [2.05, 4.69) is 10.6 Å². The van der Waals surface area contributed by atoms with Gasteiger partial charge in [-0.15, -0.1) is 0 Å². The molecule has 102 valence electrons. The molecule has 2 atom stereocenters. The lowest BCUT2D eigenvalue weighted by atomic mass is 10.0. The largest absolute Gasteiger partial charge is 0.506 e. The first-order valence-electron chi connectivity index (χ1n) is 6.09. The predicted octanol–water partition coefficient (Wildman–Crippen LogP) is 1.03. The summed E-state index contributed by atoms with van der Waals surface area (Å²) in [5, 5.41) is 24.3. The molecular weight excluding hydrogens is 248 g/mol. The Labute approximate surface area is 110 Å². The molecule has 1 heterocycles. The highest BCUT2D eigenvalue weighted by Crippen LogP contribution is 2.26. The second-order valence-electron chi connectivity index (χ2n) is 4.66. The first kappa shape index (κ1) is 13.4. The summed E-state index contributed by atoms with van der Waals surface area (Å²) < 4.78 is 0. The van der Waals surface area contributed by atoms with E-state index in [1.807, 2.05) is 6.92 Å². The monoisotopic (exact) mass is 264 g/mol. The number of hydrogen-bond donors (Lipinski definition) is 4. The van der Waals surface area contributed by atoms with Crippen molar-refractivity contribution in [2.45, 2.75) is 19.4 Å². The van der Waals surface area contributed by atoms with Gasteiger partial charge in [-0.25, -0.2) is 4.79 Å². The zero-order valence-electron chi connectivity index (χ0n) is 10.5. The van der Waals surface area contributed by atoms with Gasteiger partial charge in [0.25, 0.3) is 0 Å². The molecule has 0 spiro atoms. The van der Waals surface area contributed by atoms with Crippen molar-refractivity contribution >= 4 is 17.6 Å². The van der Waals surface area contributed by atoms with E-state index in [0.717, 1.165) is 13.0 Å². The van der Waals surface area contributed by atoms with Crippen LogP contribution in [0.1, 0.15) is 23.7 Å². The molecule has 19 heavy (non-hydrogen) atoms. The summed E-state index contributed by atoms with van der Waals surface area (Å²) in [6.07, 6.45) is 0.729. The van der Waals surface area contributed by atoms with Crippen molar-refractivity contribution < 1.29 is 19.8 Å². The molecular formula is C13H16N2O4. The van der Waals surface area contributed by atoms with E-state index < -0.39 is 5.97 Å². The Bertz CT molecular complexity index is 515. The summed E-state index contributed by atoms with van der Waals surface area (Å²) in [7, 11) is 0. The first-order chi connectivity index (χ1) is 8.99. The Hall–Kier alpha value is -2.08. The zero-order chi connectivity index (χ0) is 14.0. The minimum Gasteiger partial charge on any atom is -0.506 e. The number of phenolic OH excluding ortho intramolecular Hbond substituents is 1. The van der Waals surface area contributed by atoms with Gasteiger partial charge in [0.05, 0.1) is 17.2 Å². The van der Waals surface area contributed by atoms with Crippen LogP contribution >= 0.6 is 0 Å². The maximum absolute atomic E-state index is 12.0. The lowest BCUT2D eigenvalue weighted by molar-refractivity contribution is -0.120. The molecule has 1 amide bonds. The summed E-state index contributed by atoms with van der Waals surface area (Å²) in [4.78, 5) is 22.9. The van der Waals surface area contributed by atoms with E-state index in [9.17, 15) is 14.7 Å². The SMILES string of the molecule is CC1NCCC1C(=O)Nc1cc(C(=O)O)ccc1O. The highest BCUT2D eigenvalue weighted by molar-refractivity contribution is 5.96. The summed E-state index contributed by atoms with van der Waals surface area (Å²) in [6, 6.07) is 3.87. The Morgan fingerprint density at radius 1 is 1.42 bits per heavy atom. The number of carboxylic acid groups (broad SMARTS) is 1. The highest BCUT2D eigenvalue weighted by Gasteiger charge is 2.29. The fourth-order valence-corrected chi connectivity index (χ4v) is 2.21. The molecule has 4 N–H and O–H groups in total. The molecule has 1 saturated heterocycles. The molecule has 0 radical (unpaired) electrons. The molecule has 1 aromatic rings.